The lowest BCUT2D eigenvalue weighted by molar-refractivity contribution is -0.138. The Hall–Kier alpha value is -2.01. The van der Waals surface area contributed by atoms with Gasteiger partial charge in [-0.2, -0.15) is 13.2 Å². The first kappa shape index (κ1) is 24.3. The average Bonchev–Trinajstić information content (AvgIpc) is 2.72. The summed E-state index contributed by atoms with van der Waals surface area (Å²) in [5.74, 6) is 0.0691. The van der Waals surface area contributed by atoms with E-state index in [2.05, 4.69) is 17.2 Å². The number of rotatable bonds is 5. The molecule has 0 spiro atoms. The van der Waals surface area contributed by atoms with E-state index in [0.717, 1.165) is 12.1 Å². The van der Waals surface area contributed by atoms with Crippen LogP contribution in [-0.4, -0.2) is 32.3 Å². The third-order valence-electron chi connectivity index (χ3n) is 4.83. The number of ether oxygens (including phenoxy) is 1. The van der Waals surface area contributed by atoms with Gasteiger partial charge in [-0.05, 0) is 41.8 Å². The molecule has 30 heavy (non-hydrogen) atoms. The number of anilines is 2. The summed E-state index contributed by atoms with van der Waals surface area (Å²) < 4.78 is 46.1. The van der Waals surface area contributed by atoms with Crippen LogP contribution in [0.25, 0.3) is 0 Å². The van der Waals surface area contributed by atoms with E-state index < -0.39 is 11.7 Å². The Morgan fingerprint density at radius 1 is 1.13 bits per heavy atom. The number of aryl methyl sites for hydroxylation is 1. The lowest BCUT2D eigenvalue weighted by Crippen LogP contribution is -2.36. The molecule has 0 atom stereocenters. The average molecular weight is 534 g/mol. The van der Waals surface area contributed by atoms with E-state index in [9.17, 15) is 13.2 Å². The van der Waals surface area contributed by atoms with Crippen LogP contribution in [0.3, 0.4) is 0 Å². The quantitative estimate of drug-likeness (QED) is 0.333. The summed E-state index contributed by atoms with van der Waals surface area (Å²) in [5, 5.41) is 2.91. The second-order valence-corrected chi connectivity index (χ2v) is 6.82. The highest BCUT2D eigenvalue weighted by Crippen LogP contribution is 2.35. The molecule has 0 bridgehead atoms. The van der Waals surface area contributed by atoms with Crippen molar-refractivity contribution in [2.75, 3.05) is 36.5 Å². The highest BCUT2D eigenvalue weighted by atomic mass is 127. The Balaban J connectivity index is 0.00000320. The number of nitrogens with two attached hydrogens (primary N) is 1. The molecule has 0 unspecified atom stereocenters. The zero-order valence-electron chi connectivity index (χ0n) is 16.7. The van der Waals surface area contributed by atoms with E-state index in [0.29, 0.717) is 32.0 Å². The number of hydrogen-bond acceptors (Lipinski definition) is 3. The summed E-state index contributed by atoms with van der Waals surface area (Å²) in [7, 11) is 0. The first-order chi connectivity index (χ1) is 13.9. The highest BCUT2D eigenvalue weighted by Gasteiger charge is 2.34. The summed E-state index contributed by atoms with van der Waals surface area (Å²) in [6.07, 6.45) is -3.55. The van der Waals surface area contributed by atoms with E-state index >= 15 is 0 Å². The minimum atomic E-state index is -4.47. The second-order valence-electron chi connectivity index (χ2n) is 6.82. The fourth-order valence-electron chi connectivity index (χ4n) is 3.17. The normalized spacial score (nSPS) is 14.9. The van der Waals surface area contributed by atoms with Crippen LogP contribution in [0.2, 0.25) is 0 Å². The van der Waals surface area contributed by atoms with Crippen molar-refractivity contribution >= 4 is 41.3 Å². The van der Waals surface area contributed by atoms with Gasteiger partial charge in [0.15, 0.2) is 5.96 Å². The smallest absolute Gasteiger partial charge is 0.378 e. The van der Waals surface area contributed by atoms with Gasteiger partial charge in [0.25, 0.3) is 0 Å². The standard InChI is InChI=1S/C21H25F3N4O.HI/c1-2-15-3-6-17(7-4-15)27-20(25)26-14-16-5-8-18(13-19(16)21(22,23)24)28-9-11-29-12-10-28;/h3-8,13H,2,9-12,14H2,1H3,(H3,25,26,27);1H. The van der Waals surface area contributed by atoms with Gasteiger partial charge in [-0.15, -0.1) is 24.0 Å². The van der Waals surface area contributed by atoms with Gasteiger partial charge >= 0.3 is 6.18 Å². The molecule has 1 aliphatic rings. The van der Waals surface area contributed by atoms with Gasteiger partial charge in [-0.1, -0.05) is 25.1 Å². The van der Waals surface area contributed by atoms with Crippen molar-refractivity contribution in [3.63, 3.8) is 0 Å². The van der Waals surface area contributed by atoms with E-state index in [4.69, 9.17) is 10.5 Å². The Bertz CT molecular complexity index is 850. The summed E-state index contributed by atoms with van der Waals surface area (Å²) in [5.41, 5.74) is 7.72. The number of nitrogens with zero attached hydrogens (tertiary/aromatic N) is 2. The predicted octanol–water partition coefficient (Wildman–Crippen LogP) is 4.65. The minimum Gasteiger partial charge on any atom is -0.378 e. The second kappa shape index (κ2) is 10.9. The van der Waals surface area contributed by atoms with Gasteiger partial charge in [0.2, 0.25) is 0 Å². The molecular formula is C21H26F3IN4O. The first-order valence-corrected chi connectivity index (χ1v) is 9.55. The van der Waals surface area contributed by atoms with Gasteiger partial charge in [0.05, 0.1) is 25.3 Å². The van der Waals surface area contributed by atoms with Crippen LogP contribution in [0.4, 0.5) is 24.5 Å². The molecule has 0 radical (unpaired) electrons. The van der Waals surface area contributed by atoms with Crippen LogP contribution >= 0.6 is 24.0 Å². The number of morpholine rings is 1. The third kappa shape index (κ3) is 6.49. The molecule has 0 saturated carbocycles. The van der Waals surface area contributed by atoms with Crippen molar-refractivity contribution in [2.24, 2.45) is 10.7 Å². The van der Waals surface area contributed by atoms with E-state index in [1.54, 1.807) is 6.07 Å². The predicted molar refractivity (Wildman–Crippen MR) is 125 cm³/mol. The number of benzene rings is 2. The monoisotopic (exact) mass is 534 g/mol. The summed E-state index contributed by atoms with van der Waals surface area (Å²) in [6.45, 7) is 4.06. The molecule has 0 aromatic heterocycles. The molecule has 1 aliphatic heterocycles. The Kier molecular flexibility index (Phi) is 8.78. The molecule has 0 aliphatic carbocycles. The number of nitrogens with one attached hydrogen (secondary N) is 1. The number of hydrogen-bond donors (Lipinski definition) is 2. The summed E-state index contributed by atoms with van der Waals surface area (Å²) >= 11 is 0. The SMILES string of the molecule is CCc1ccc(NC(N)=NCc2ccc(N3CCOCC3)cc2C(F)(F)F)cc1.I. The minimum absolute atomic E-state index is 0. The van der Waals surface area contributed by atoms with E-state index in [-0.39, 0.29) is 42.0 Å². The van der Waals surface area contributed by atoms with E-state index in [1.807, 2.05) is 29.2 Å². The number of guanidine groups is 1. The molecule has 1 fully saturated rings. The van der Waals surface area contributed by atoms with Crippen LogP contribution in [0.15, 0.2) is 47.5 Å². The van der Waals surface area contributed by atoms with Crippen molar-refractivity contribution in [3.05, 3.63) is 59.2 Å². The van der Waals surface area contributed by atoms with Gasteiger partial charge < -0.3 is 20.7 Å². The fourth-order valence-corrected chi connectivity index (χ4v) is 3.17. The van der Waals surface area contributed by atoms with Crippen LogP contribution in [0.1, 0.15) is 23.6 Å². The maximum atomic E-state index is 13.6. The van der Waals surface area contributed by atoms with Crippen molar-refractivity contribution in [1.82, 2.24) is 0 Å². The number of halogens is 4. The largest absolute Gasteiger partial charge is 0.416 e. The molecule has 164 valence electrons. The van der Waals surface area contributed by atoms with Crippen LogP contribution < -0.4 is 16.0 Å². The van der Waals surface area contributed by atoms with Crippen LogP contribution in [0, 0.1) is 0 Å². The maximum Gasteiger partial charge on any atom is 0.416 e. The molecule has 1 heterocycles. The summed E-state index contributed by atoms with van der Waals surface area (Å²) in [6, 6.07) is 12.0. The zero-order chi connectivity index (χ0) is 20.9. The topological polar surface area (TPSA) is 62.9 Å². The van der Waals surface area contributed by atoms with Crippen molar-refractivity contribution in [1.29, 1.82) is 0 Å². The van der Waals surface area contributed by atoms with Crippen molar-refractivity contribution in [2.45, 2.75) is 26.1 Å². The molecule has 5 nitrogen and oxygen atoms in total. The molecule has 1 saturated heterocycles. The highest BCUT2D eigenvalue weighted by molar-refractivity contribution is 14.0. The van der Waals surface area contributed by atoms with Crippen LogP contribution in [-0.2, 0) is 23.9 Å². The first-order valence-electron chi connectivity index (χ1n) is 9.55. The Morgan fingerprint density at radius 2 is 1.80 bits per heavy atom. The molecule has 2 aromatic carbocycles. The van der Waals surface area contributed by atoms with Crippen LogP contribution in [0.5, 0.6) is 0 Å². The summed E-state index contributed by atoms with van der Waals surface area (Å²) in [4.78, 5) is 5.99. The van der Waals surface area contributed by atoms with Gasteiger partial charge in [0, 0.05) is 24.5 Å². The number of alkyl halides is 3. The van der Waals surface area contributed by atoms with Crippen molar-refractivity contribution < 1.29 is 17.9 Å². The molecule has 0 amide bonds. The third-order valence-corrected chi connectivity index (χ3v) is 4.83. The lowest BCUT2D eigenvalue weighted by Gasteiger charge is -2.29. The Morgan fingerprint density at radius 3 is 2.40 bits per heavy atom. The lowest BCUT2D eigenvalue weighted by atomic mass is 10.1. The molecule has 9 heteroatoms. The molecule has 3 rings (SSSR count). The van der Waals surface area contributed by atoms with Gasteiger partial charge in [-0.3, -0.25) is 0 Å². The fraction of sp³-hybridized carbons (Fsp3) is 0.381. The molecule has 2 aromatic rings. The van der Waals surface area contributed by atoms with E-state index in [1.165, 1.54) is 17.7 Å². The molecular weight excluding hydrogens is 508 g/mol. The van der Waals surface area contributed by atoms with Gasteiger partial charge in [0.1, 0.15) is 0 Å². The Labute approximate surface area is 191 Å². The zero-order valence-corrected chi connectivity index (χ0v) is 19.0. The van der Waals surface area contributed by atoms with Crippen molar-refractivity contribution in [3.8, 4) is 0 Å². The molecule has 3 N–H and O–H groups in total. The maximum absolute atomic E-state index is 13.6. The number of aliphatic imine (C=N–C) groups is 1. The van der Waals surface area contributed by atoms with Gasteiger partial charge in [-0.25, -0.2) is 4.99 Å².